The molecule has 0 radical (unpaired) electrons. The second kappa shape index (κ2) is 11.2. The lowest BCUT2D eigenvalue weighted by molar-refractivity contribution is 0.0201. The lowest BCUT2D eigenvalue weighted by Crippen LogP contribution is -2.26. The van der Waals surface area contributed by atoms with Crippen LogP contribution in [-0.2, 0) is 4.74 Å². The molecule has 1 aromatic heterocycles. The molecule has 184 valence electrons. The van der Waals surface area contributed by atoms with Crippen molar-refractivity contribution < 1.29 is 19.0 Å². The highest BCUT2D eigenvalue weighted by molar-refractivity contribution is 7.07. The second-order valence-corrected chi connectivity index (χ2v) is 9.70. The smallest absolute Gasteiger partial charge is 0.493 e. The van der Waals surface area contributed by atoms with Crippen molar-refractivity contribution in [1.29, 1.82) is 0 Å². The molecule has 0 atom stereocenters. The number of aryl methyl sites for hydroxylation is 2. The molecular formula is C27H31N3O4S. The molecule has 0 aliphatic carbocycles. The van der Waals surface area contributed by atoms with Gasteiger partial charge in [-0.25, -0.2) is 9.47 Å². The summed E-state index contributed by atoms with van der Waals surface area (Å²) in [5.41, 5.74) is 4.54. The highest BCUT2D eigenvalue weighted by Crippen LogP contribution is 2.29. The minimum absolute atomic E-state index is 0.263. The largest absolute Gasteiger partial charge is 0.514 e. The molecular weight excluding hydrogens is 462 g/mol. The van der Waals surface area contributed by atoms with Crippen LogP contribution in [-0.4, -0.2) is 36.3 Å². The number of carbonyl (C=O) groups is 1. The molecule has 0 fully saturated rings. The number of hydrogen-bond donors (Lipinski definition) is 0. The van der Waals surface area contributed by atoms with E-state index in [0.29, 0.717) is 12.3 Å². The van der Waals surface area contributed by atoms with Crippen LogP contribution in [0.3, 0.4) is 0 Å². The molecule has 7 nitrogen and oxygen atoms in total. The highest BCUT2D eigenvalue weighted by atomic mass is 32.1. The zero-order valence-corrected chi connectivity index (χ0v) is 21.8. The fourth-order valence-corrected chi connectivity index (χ4v) is 3.94. The molecule has 0 N–H and O–H groups in total. The average Bonchev–Trinajstić information content (AvgIpc) is 3.20. The lowest BCUT2D eigenvalue weighted by atomic mass is 10.1. The fraction of sp³-hybridized carbons (Fsp3) is 0.296. The summed E-state index contributed by atoms with van der Waals surface area (Å²) < 4.78 is 17.8. The number of aromatic nitrogens is 1. The predicted octanol–water partition coefficient (Wildman–Crippen LogP) is 6.12. The standard InChI is InChI=1S/C27H31N3O4S/c1-8-13-28-25-30(22(17-35-25)21-11-9-18(2)19(3)14-21)29-16-20-10-12-23(24(15-20)32-7)33-26(31)34-27(4,5)6/h8-12,14-17H,1,13H2,2-7H3. The van der Waals surface area contributed by atoms with Crippen LogP contribution in [0.2, 0.25) is 0 Å². The lowest BCUT2D eigenvalue weighted by Gasteiger charge is -2.19. The van der Waals surface area contributed by atoms with Gasteiger partial charge in [0.2, 0.25) is 4.80 Å². The maximum absolute atomic E-state index is 12.1. The van der Waals surface area contributed by atoms with Crippen LogP contribution in [0.15, 0.2) is 64.5 Å². The van der Waals surface area contributed by atoms with Gasteiger partial charge < -0.3 is 14.2 Å². The molecule has 35 heavy (non-hydrogen) atoms. The molecule has 0 aliphatic heterocycles. The quantitative estimate of drug-likeness (QED) is 0.172. The zero-order valence-electron chi connectivity index (χ0n) is 21.0. The third-order valence-corrected chi connectivity index (χ3v) is 5.79. The van der Waals surface area contributed by atoms with Crippen molar-refractivity contribution in [3.05, 3.63) is 75.9 Å². The Bertz CT molecular complexity index is 1310. The molecule has 3 aromatic rings. The number of nitrogens with zero attached hydrogens (tertiary/aromatic N) is 3. The Morgan fingerprint density at radius 1 is 1.11 bits per heavy atom. The van der Waals surface area contributed by atoms with Crippen molar-refractivity contribution in [2.75, 3.05) is 13.7 Å². The Balaban J connectivity index is 1.95. The van der Waals surface area contributed by atoms with Gasteiger partial charge in [0.25, 0.3) is 0 Å². The Morgan fingerprint density at radius 3 is 2.54 bits per heavy atom. The molecule has 0 spiro atoms. The van der Waals surface area contributed by atoms with Crippen molar-refractivity contribution in [2.45, 2.75) is 40.2 Å². The van der Waals surface area contributed by atoms with Crippen molar-refractivity contribution in [3.8, 4) is 22.8 Å². The summed E-state index contributed by atoms with van der Waals surface area (Å²) in [7, 11) is 1.51. The van der Waals surface area contributed by atoms with Gasteiger partial charge in [-0.1, -0.05) is 18.2 Å². The van der Waals surface area contributed by atoms with Crippen molar-refractivity contribution in [1.82, 2.24) is 4.68 Å². The van der Waals surface area contributed by atoms with Gasteiger partial charge in [-0.15, -0.1) is 17.9 Å². The number of thiazole rings is 1. The van der Waals surface area contributed by atoms with Crippen molar-refractivity contribution in [2.24, 2.45) is 10.1 Å². The van der Waals surface area contributed by atoms with E-state index < -0.39 is 11.8 Å². The van der Waals surface area contributed by atoms with Crippen LogP contribution in [0.5, 0.6) is 11.5 Å². The van der Waals surface area contributed by atoms with E-state index >= 15 is 0 Å². The van der Waals surface area contributed by atoms with Gasteiger partial charge in [-0.3, -0.25) is 4.99 Å². The van der Waals surface area contributed by atoms with Gasteiger partial charge in [0.1, 0.15) is 5.60 Å². The summed E-state index contributed by atoms with van der Waals surface area (Å²) in [4.78, 5) is 17.4. The SMILES string of the molecule is C=CCN=c1scc(-c2ccc(C)c(C)c2)n1N=Cc1ccc(OC(=O)OC(C)(C)C)c(OC)c1. The third-order valence-electron chi connectivity index (χ3n) is 4.94. The first kappa shape index (κ1) is 26.0. The Morgan fingerprint density at radius 2 is 1.89 bits per heavy atom. The van der Waals surface area contributed by atoms with Crippen molar-refractivity contribution >= 4 is 23.7 Å². The van der Waals surface area contributed by atoms with E-state index in [0.717, 1.165) is 21.6 Å². The summed E-state index contributed by atoms with van der Waals surface area (Å²) in [6, 6.07) is 11.5. The van der Waals surface area contributed by atoms with Crippen LogP contribution in [0.1, 0.15) is 37.5 Å². The summed E-state index contributed by atoms with van der Waals surface area (Å²) >= 11 is 1.52. The van der Waals surface area contributed by atoms with Gasteiger partial charge in [0.15, 0.2) is 11.5 Å². The van der Waals surface area contributed by atoms with Gasteiger partial charge in [0, 0.05) is 10.9 Å². The van der Waals surface area contributed by atoms with E-state index in [1.165, 1.54) is 29.6 Å². The number of benzene rings is 2. The number of methoxy groups -OCH3 is 1. The van der Waals surface area contributed by atoms with E-state index in [-0.39, 0.29) is 5.75 Å². The highest BCUT2D eigenvalue weighted by Gasteiger charge is 2.19. The van der Waals surface area contributed by atoms with E-state index in [4.69, 9.17) is 19.3 Å². The zero-order chi connectivity index (χ0) is 25.6. The molecule has 0 amide bonds. The molecule has 0 unspecified atom stereocenters. The normalized spacial score (nSPS) is 12.1. The number of hydrogen-bond acceptors (Lipinski definition) is 7. The van der Waals surface area contributed by atoms with E-state index in [1.54, 1.807) is 51.3 Å². The van der Waals surface area contributed by atoms with E-state index in [1.807, 2.05) is 10.1 Å². The van der Waals surface area contributed by atoms with Crippen LogP contribution < -0.4 is 14.3 Å². The molecule has 0 saturated carbocycles. The maximum atomic E-state index is 12.1. The summed E-state index contributed by atoms with van der Waals surface area (Å²) in [6.07, 6.45) is 2.67. The first-order chi connectivity index (χ1) is 16.6. The number of carbonyl (C=O) groups excluding carboxylic acids is 1. The fourth-order valence-electron chi connectivity index (χ4n) is 3.09. The number of rotatable bonds is 7. The Kier molecular flexibility index (Phi) is 8.30. The van der Waals surface area contributed by atoms with E-state index in [2.05, 4.69) is 43.6 Å². The molecule has 0 aliphatic rings. The molecule has 1 heterocycles. The van der Waals surface area contributed by atoms with Gasteiger partial charge in [-0.2, -0.15) is 5.10 Å². The molecule has 2 aromatic carbocycles. The van der Waals surface area contributed by atoms with Gasteiger partial charge in [-0.05, 0) is 75.6 Å². The number of ether oxygens (including phenoxy) is 3. The third kappa shape index (κ3) is 6.93. The van der Waals surface area contributed by atoms with Crippen LogP contribution in [0, 0.1) is 13.8 Å². The summed E-state index contributed by atoms with van der Waals surface area (Å²) in [5.74, 6) is 0.653. The first-order valence-corrected chi connectivity index (χ1v) is 12.0. The minimum Gasteiger partial charge on any atom is -0.493 e. The monoisotopic (exact) mass is 493 g/mol. The molecule has 0 saturated heterocycles. The minimum atomic E-state index is -0.794. The average molecular weight is 494 g/mol. The second-order valence-electron chi connectivity index (χ2n) is 8.87. The summed E-state index contributed by atoms with van der Waals surface area (Å²) in [6.45, 7) is 13.8. The van der Waals surface area contributed by atoms with Crippen LogP contribution in [0.25, 0.3) is 11.3 Å². The maximum Gasteiger partial charge on any atom is 0.514 e. The van der Waals surface area contributed by atoms with Crippen LogP contribution in [0.4, 0.5) is 4.79 Å². The van der Waals surface area contributed by atoms with Gasteiger partial charge >= 0.3 is 6.16 Å². The molecule has 8 heteroatoms. The molecule has 3 rings (SSSR count). The summed E-state index contributed by atoms with van der Waals surface area (Å²) in [5, 5.41) is 6.76. The van der Waals surface area contributed by atoms with Crippen molar-refractivity contribution in [3.63, 3.8) is 0 Å². The first-order valence-electron chi connectivity index (χ1n) is 11.1. The van der Waals surface area contributed by atoms with E-state index in [9.17, 15) is 4.79 Å². The topological polar surface area (TPSA) is 74.4 Å². The van der Waals surface area contributed by atoms with Crippen LogP contribution >= 0.6 is 11.3 Å². The predicted molar refractivity (Wildman–Crippen MR) is 141 cm³/mol. The Hall–Kier alpha value is -3.65. The molecule has 0 bridgehead atoms. The van der Waals surface area contributed by atoms with Gasteiger partial charge in [0.05, 0.1) is 25.6 Å². The Labute approximate surface area is 210 Å².